The van der Waals surface area contributed by atoms with Crippen LogP contribution >= 0.6 is 0 Å². The number of hydrogen-bond donors (Lipinski definition) is 4. The number of benzene rings is 2. The lowest BCUT2D eigenvalue weighted by atomic mass is 9.86. The van der Waals surface area contributed by atoms with Crippen molar-refractivity contribution in [3.8, 4) is 0 Å². The Morgan fingerprint density at radius 2 is 1.48 bits per heavy atom. The predicted molar refractivity (Wildman–Crippen MR) is 99.5 cm³/mol. The molecule has 8 N–H and O–H groups in total. The molecule has 2 aromatic carbocycles. The average molecular weight is 310 g/mol. The summed E-state index contributed by atoms with van der Waals surface area (Å²) in [6, 6.07) is 4.17. The molecule has 0 saturated carbocycles. The first-order chi connectivity index (χ1) is 10.8. The second-order valence-corrected chi connectivity index (χ2v) is 6.70. The van der Waals surface area contributed by atoms with Gasteiger partial charge in [0.15, 0.2) is 0 Å². The van der Waals surface area contributed by atoms with Crippen molar-refractivity contribution in [2.45, 2.75) is 46.0 Å². The van der Waals surface area contributed by atoms with Crippen molar-refractivity contribution in [3.05, 3.63) is 45.5 Å². The SMILES string of the molecule is CCC1Cc2c(cc(N)c(C)c2N)Cc2c1cc(N)c(C)c2N. The quantitative estimate of drug-likeness (QED) is 0.607. The highest BCUT2D eigenvalue weighted by Gasteiger charge is 2.26. The van der Waals surface area contributed by atoms with Gasteiger partial charge in [-0.05, 0) is 78.1 Å². The summed E-state index contributed by atoms with van der Waals surface area (Å²) < 4.78 is 0. The molecule has 0 aromatic heterocycles. The highest BCUT2D eigenvalue weighted by Crippen LogP contribution is 2.42. The first kappa shape index (κ1) is 15.5. The van der Waals surface area contributed by atoms with E-state index in [-0.39, 0.29) is 0 Å². The molecular weight excluding hydrogens is 284 g/mol. The topological polar surface area (TPSA) is 104 Å². The summed E-state index contributed by atoms with van der Waals surface area (Å²) in [7, 11) is 0. The van der Waals surface area contributed by atoms with Gasteiger partial charge < -0.3 is 22.9 Å². The van der Waals surface area contributed by atoms with Crippen LogP contribution in [0.5, 0.6) is 0 Å². The summed E-state index contributed by atoms with van der Waals surface area (Å²) in [5, 5.41) is 0. The van der Waals surface area contributed by atoms with Crippen LogP contribution in [0.25, 0.3) is 0 Å². The molecule has 0 bridgehead atoms. The molecule has 0 fully saturated rings. The molecule has 1 aliphatic carbocycles. The third-order valence-electron chi connectivity index (χ3n) is 5.45. The highest BCUT2D eigenvalue weighted by atomic mass is 14.7. The van der Waals surface area contributed by atoms with Crippen LogP contribution in [0.15, 0.2) is 12.1 Å². The van der Waals surface area contributed by atoms with Crippen LogP contribution in [0, 0.1) is 13.8 Å². The van der Waals surface area contributed by atoms with E-state index in [0.29, 0.717) is 5.92 Å². The Kier molecular flexibility index (Phi) is 3.63. The Morgan fingerprint density at radius 1 is 0.913 bits per heavy atom. The number of rotatable bonds is 1. The Labute approximate surface area is 137 Å². The molecule has 0 amide bonds. The Bertz CT molecular complexity index is 793. The number of anilines is 4. The molecule has 2 aromatic rings. The first-order valence-corrected chi connectivity index (χ1v) is 8.18. The van der Waals surface area contributed by atoms with Crippen LogP contribution in [-0.4, -0.2) is 0 Å². The fourth-order valence-electron chi connectivity index (χ4n) is 3.71. The van der Waals surface area contributed by atoms with E-state index in [0.717, 1.165) is 53.1 Å². The van der Waals surface area contributed by atoms with Gasteiger partial charge in [0, 0.05) is 29.2 Å². The molecule has 1 unspecified atom stereocenters. The van der Waals surface area contributed by atoms with E-state index in [4.69, 9.17) is 22.9 Å². The van der Waals surface area contributed by atoms with Crippen LogP contribution < -0.4 is 22.9 Å². The van der Waals surface area contributed by atoms with Crippen molar-refractivity contribution < 1.29 is 0 Å². The molecule has 0 heterocycles. The van der Waals surface area contributed by atoms with Crippen molar-refractivity contribution in [2.75, 3.05) is 22.9 Å². The molecule has 0 aliphatic heterocycles. The maximum atomic E-state index is 6.41. The van der Waals surface area contributed by atoms with Gasteiger partial charge in [-0.2, -0.15) is 0 Å². The minimum absolute atomic E-state index is 0.377. The fourth-order valence-corrected chi connectivity index (χ4v) is 3.71. The lowest BCUT2D eigenvalue weighted by molar-refractivity contribution is 0.663. The smallest absolute Gasteiger partial charge is 0.0403 e. The van der Waals surface area contributed by atoms with E-state index in [9.17, 15) is 0 Å². The molecular formula is C19H26N4. The largest absolute Gasteiger partial charge is 0.398 e. The molecule has 0 radical (unpaired) electrons. The van der Waals surface area contributed by atoms with Crippen LogP contribution in [-0.2, 0) is 12.8 Å². The van der Waals surface area contributed by atoms with Crippen LogP contribution in [0.3, 0.4) is 0 Å². The maximum absolute atomic E-state index is 6.41. The van der Waals surface area contributed by atoms with E-state index in [1.165, 1.54) is 22.3 Å². The molecule has 4 heteroatoms. The fraction of sp³-hybridized carbons (Fsp3) is 0.368. The summed E-state index contributed by atoms with van der Waals surface area (Å²) in [4.78, 5) is 0. The summed E-state index contributed by atoms with van der Waals surface area (Å²) in [5.41, 5.74) is 35.1. The lowest BCUT2D eigenvalue weighted by Gasteiger charge is -2.20. The summed E-state index contributed by atoms with van der Waals surface area (Å²) in [6.45, 7) is 6.17. The van der Waals surface area contributed by atoms with Gasteiger partial charge in [0.05, 0.1) is 0 Å². The first-order valence-electron chi connectivity index (χ1n) is 8.18. The molecule has 1 atom stereocenters. The van der Waals surface area contributed by atoms with Crippen molar-refractivity contribution in [1.29, 1.82) is 0 Å². The lowest BCUT2D eigenvalue weighted by Crippen LogP contribution is -2.09. The molecule has 3 rings (SSSR count). The van der Waals surface area contributed by atoms with Gasteiger partial charge in [0.25, 0.3) is 0 Å². The molecule has 23 heavy (non-hydrogen) atoms. The minimum Gasteiger partial charge on any atom is -0.398 e. The Hall–Kier alpha value is -2.36. The normalized spacial score (nSPS) is 16.6. The van der Waals surface area contributed by atoms with Gasteiger partial charge in [-0.25, -0.2) is 0 Å². The van der Waals surface area contributed by atoms with Gasteiger partial charge >= 0.3 is 0 Å². The number of nitrogen functional groups attached to an aromatic ring is 4. The summed E-state index contributed by atoms with van der Waals surface area (Å²) in [6.07, 6.45) is 2.70. The van der Waals surface area contributed by atoms with Gasteiger partial charge in [-0.3, -0.25) is 0 Å². The second-order valence-electron chi connectivity index (χ2n) is 6.70. The number of fused-ring (bicyclic) bond motifs is 2. The molecule has 0 saturated heterocycles. The van der Waals surface area contributed by atoms with Crippen LogP contribution in [0.4, 0.5) is 22.7 Å². The zero-order valence-corrected chi connectivity index (χ0v) is 14.2. The van der Waals surface area contributed by atoms with E-state index in [1.807, 2.05) is 13.8 Å². The molecule has 4 nitrogen and oxygen atoms in total. The van der Waals surface area contributed by atoms with Crippen molar-refractivity contribution in [1.82, 2.24) is 0 Å². The van der Waals surface area contributed by atoms with E-state index < -0.39 is 0 Å². The van der Waals surface area contributed by atoms with E-state index >= 15 is 0 Å². The standard InChI is InChI=1S/C19H26N4/c1-4-11-5-14-12(7-16(20)9(2)18(14)22)6-15-13(11)8-17(21)10(3)19(15)23/h7-8,11H,4-6,20-23H2,1-3H3. The van der Waals surface area contributed by atoms with Gasteiger partial charge in [0.1, 0.15) is 0 Å². The van der Waals surface area contributed by atoms with Gasteiger partial charge in [-0.15, -0.1) is 0 Å². The van der Waals surface area contributed by atoms with Crippen molar-refractivity contribution in [3.63, 3.8) is 0 Å². The number of nitrogens with two attached hydrogens (primary N) is 4. The van der Waals surface area contributed by atoms with Gasteiger partial charge in [0.2, 0.25) is 0 Å². The van der Waals surface area contributed by atoms with Gasteiger partial charge in [-0.1, -0.05) is 6.92 Å². The summed E-state index contributed by atoms with van der Waals surface area (Å²) in [5.74, 6) is 0.377. The van der Waals surface area contributed by atoms with Crippen molar-refractivity contribution >= 4 is 22.7 Å². The van der Waals surface area contributed by atoms with Crippen LogP contribution in [0.2, 0.25) is 0 Å². The molecule has 1 aliphatic rings. The summed E-state index contributed by atoms with van der Waals surface area (Å²) >= 11 is 0. The van der Waals surface area contributed by atoms with Crippen molar-refractivity contribution in [2.24, 2.45) is 0 Å². The average Bonchev–Trinajstić information content (AvgIpc) is 2.68. The third-order valence-corrected chi connectivity index (χ3v) is 5.45. The third kappa shape index (κ3) is 2.29. The maximum Gasteiger partial charge on any atom is 0.0403 e. The number of hydrogen-bond acceptors (Lipinski definition) is 4. The Morgan fingerprint density at radius 3 is 2.09 bits per heavy atom. The minimum atomic E-state index is 0.377. The zero-order valence-electron chi connectivity index (χ0n) is 14.2. The van der Waals surface area contributed by atoms with Crippen LogP contribution in [0.1, 0.15) is 52.6 Å². The zero-order chi connectivity index (χ0) is 16.9. The monoisotopic (exact) mass is 310 g/mol. The molecule has 122 valence electrons. The Balaban J connectivity index is 2.28. The van der Waals surface area contributed by atoms with E-state index in [1.54, 1.807) is 0 Å². The predicted octanol–water partition coefficient (Wildman–Crippen LogP) is 3.27. The molecule has 0 spiro atoms. The highest BCUT2D eigenvalue weighted by molar-refractivity contribution is 5.73. The second kappa shape index (κ2) is 5.37. The van der Waals surface area contributed by atoms with E-state index in [2.05, 4.69) is 19.1 Å².